The number of aromatic nitrogens is 4. The highest BCUT2D eigenvalue weighted by Gasteiger charge is 2.26. The van der Waals surface area contributed by atoms with E-state index in [2.05, 4.69) is 25.8 Å². The molecule has 0 saturated heterocycles. The van der Waals surface area contributed by atoms with E-state index in [0.717, 1.165) is 0 Å². The maximum Gasteiger partial charge on any atom is 0.319 e. The fraction of sp³-hybridized carbons (Fsp3) is 0.400. The zero-order chi connectivity index (χ0) is 16.9. The van der Waals surface area contributed by atoms with E-state index in [9.17, 15) is 9.59 Å². The number of amides is 2. The molecule has 0 aliphatic heterocycles. The third kappa shape index (κ3) is 3.86. The topological polar surface area (TPSA) is 122 Å². The molecule has 2 aromatic rings. The Labute approximate surface area is 138 Å². The Hall–Kier alpha value is -2.97. The van der Waals surface area contributed by atoms with Crippen LogP contribution in [-0.2, 0) is 4.79 Å². The van der Waals surface area contributed by atoms with Crippen molar-refractivity contribution in [1.82, 2.24) is 25.3 Å². The fourth-order valence-electron chi connectivity index (χ4n) is 2.75. The number of urea groups is 1. The fourth-order valence-corrected chi connectivity index (χ4v) is 2.75. The lowest BCUT2D eigenvalue weighted by Crippen LogP contribution is -2.41. The minimum absolute atomic E-state index is 0.00102. The molecule has 126 valence electrons. The largest absolute Gasteiger partial charge is 0.481 e. The van der Waals surface area contributed by atoms with E-state index >= 15 is 0 Å². The molecular formula is C15H18N6O3. The van der Waals surface area contributed by atoms with Crippen LogP contribution in [0.5, 0.6) is 0 Å². The van der Waals surface area contributed by atoms with Gasteiger partial charge in [-0.25, -0.2) is 9.78 Å². The number of carbonyl (C=O) groups is 2. The minimum atomic E-state index is -0.754. The molecule has 24 heavy (non-hydrogen) atoms. The molecular weight excluding hydrogens is 312 g/mol. The van der Waals surface area contributed by atoms with Crippen molar-refractivity contribution in [2.45, 2.75) is 31.7 Å². The molecule has 0 aromatic carbocycles. The number of pyridine rings is 1. The van der Waals surface area contributed by atoms with Gasteiger partial charge in [0.15, 0.2) is 5.82 Å². The van der Waals surface area contributed by atoms with E-state index in [0.29, 0.717) is 37.2 Å². The lowest BCUT2D eigenvalue weighted by Gasteiger charge is -2.26. The van der Waals surface area contributed by atoms with Crippen molar-refractivity contribution < 1.29 is 14.7 Å². The Kier molecular flexibility index (Phi) is 4.69. The van der Waals surface area contributed by atoms with Gasteiger partial charge in [-0.3, -0.25) is 4.79 Å². The van der Waals surface area contributed by atoms with Crippen molar-refractivity contribution in [3.05, 3.63) is 30.7 Å². The van der Waals surface area contributed by atoms with Crippen LogP contribution in [0.4, 0.5) is 10.5 Å². The van der Waals surface area contributed by atoms with Crippen LogP contribution in [0, 0.1) is 5.92 Å². The predicted molar refractivity (Wildman–Crippen MR) is 84.7 cm³/mol. The number of carbonyl (C=O) groups excluding carboxylic acids is 1. The van der Waals surface area contributed by atoms with Crippen LogP contribution < -0.4 is 10.6 Å². The summed E-state index contributed by atoms with van der Waals surface area (Å²) in [4.78, 5) is 28.5. The van der Waals surface area contributed by atoms with E-state index in [1.165, 1.54) is 11.0 Å². The summed E-state index contributed by atoms with van der Waals surface area (Å²) >= 11 is 0. The first-order valence-electron chi connectivity index (χ1n) is 7.75. The number of nitrogens with zero attached hydrogens (tertiary/aromatic N) is 4. The Morgan fingerprint density at radius 1 is 1.12 bits per heavy atom. The smallest absolute Gasteiger partial charge is 0.319 e. The second kappa shape index (κ2) is 7.07. The zero-order valence-corrected chi connectivity index (χ0v) is 12.9. The van der Waals surface area contributed by atoms with Crippen molar-refractivity contribution in [3.8, 4) is 5.82 Å². The van der Waals surface area contributed by atoms with E-state index in [-0.39, 0.29) is 18.0 Å². The molecule has 0 atom stereocenters. The predicted octanol–water partition coefficient (Wildman–Crippen LogP) is 1.43. The lowest BCUT2D eigenvalue weighted by atomic mass is 9.86. The molecule has 2 aromatic heterocycles. The molecule has 9 heteroatoms. The summed E-state index contributed by atoms with van der Waals surface area (Å²) in [5, 5.41) is 22.5. The van der Waals surface area contributed by atoms with Crippen molar-refractivity contribution >= 4 is 17.7 Å². The highest BCUT2D eigenvalue weighted by atomic mass is 16.4. The number of aliphatic carboxylic acids is 1. The Morgan fingerprint density at radius 3 is 2.42 bits per heavy atom. The van der Waals surface area contributed by atoms with Gasteiger partial charge in [-0.15, -0.1) is 4.80 Å². The second-order valence-electron chi connectivity index (χ2n) is 5.71. The van der Waals surface area contributed by atoms with Crippen LogP contribution in [0.2, 0.25) is 0 Å². The van der Waals surface area contributed by atoms with E-state index in [4.69, 9.17) is 5.11 Å². The number of hydrogen-bond donors (Lipinski definition) is 3. The summed E-state index contributed by atoms with van der Waals surface area (Å²) in [6.07, 6.45) is 7.17. The SMILES string of the molecule is O=C(Nc1ccc(-n2nccn2)nc1)NC1CCC(C(=O)O)CC1. The Bertz CT molecular complexity index is 693. The van der Waals surface area contributed by atoms with E-state index in [1.54, 1.807) is 24.5 Å². The van der Waals surface area contributed by atoms with Crippen LogP contribution in [0.15, 0.2) is 30.7 Å². The number of carboxylic acids is 1. The Morgan fingerprint density at radius 2 is 1.83 bits per heavy atom. The van der Waals surface area contributed by atoms with Crippen molar-refractivity contribution in [2.75, 3.05) is 5.32 Å². The third-order valence-electron chi connectivity index (χ3n) is 4.04. The van der Waals surface area contributed by atoms with Gasteiger partial charge < -0.3 is 15.7 Å². The standard InChI is InChI=1S/C15H18N6O3/c22-14(23)10-1-3-11(4-2-10)19-15(24)20-12-5-6-13(16-9-12)21-17-7-8-18-21/h5-11H,1-4H2,(H,22,23)(H2,19,20,24). The molecule has 3 rings (SSSR count). The molecule has 0 radical (unpaired) electrons. The number of nitrogens with one attached hydrogen (secondary N) is 2. The molecule has 1 fully saturated rings. The second-order valence-corrected chi connectivity index (χ2v) is 5.71. The summed E-state index contributed by atoms with van der Waals surface area (Å²) in [5.74, 6) is -0.493. The van der Waals surface area contributed by atoms with Gasteiger partial charge in [0.2, 0.25) is 0 Å². The molecule has 2 amide bonds. The van der Waals surface area contributed by atoms with Gasteiger partial charge in [0.1, 0.15) is 0 Å². The van der Waals surface area contributed by atoms with Gasteiger partial charge in [0.05, 0.1) is 30.2 Å². The summed E-state index contributed by atoms with van der Waals surface area (Å²) in [7, 11) is 0. The monoisotopic (exact) mass is 330 g/mol. The molecule has 1 aliphatic rings. The maximum absolute atomic E-state index is 12.0. The zero-order valence-electron chi connectivity index (χ0n) is 12.9. The number of anilines is 1. The highest BCUT2D eigenvalue weighted by molar-refractivity contribution is 5.89. The molecule has 1 aliphatic carbocycles. The summed E-state index contributed by atoms with van der Waals surface area (Å²) in [6, 6.07) is 3.10. The molecule has 3 N–H and O–H groups in total. The van der Waals surface area contributed by atoms with E-state index < -0.39 is 5.97 Å². The normalized spacial score (nSPS) is 20.3. The lowest BCUT2D eigenvalue weighted by molar-refractivity contribution is -0.142. The van der Waals surface area contributed by atoms with Gasteiger partial charge in [-0.1, -0.05) is 0 Å². The molecule has 1 saturated carbocycles. The summed E-state index contributed by atoms with van der Waals surface area (Å²) in [6.45, 7) is 0. The van der Waals surface area contributed by atoms with Crippen molar-refractivity contribution in [2.24, 2.45) is 5.92 Å². The van der Waals surface area contributed by atoms with Gasteiger partial charge in [-0.05, 0) is 37.8 Å². The van der Waals surface area contributed by atoms with Crippen LogP contribution in [0.3, 0.4) is 0 Å². The average molecular weight is 330 g/mol. The minimum Gasteiger partial charge on any atom is -0.481 e. The van der Waals surface area contributed by atoms with Crippen molar-refractivity contribution in [3.63, 3.8) is 0 Å². The highest BCUT2D eigenvalue weighted by Crippen LogP contribution is 2.24. The number of carboxylic acid groups (broad SMARTS) is 1. The Balaban J connectivity index is 1.49. The van der Waals surface area contributed by atoms with Crippen LogP contribution in [-0.4, -0.2) is 43.1 Å². The first-order chi connectivity index (χ1) is 11.6. The van der Waals surface area contributed by atoms with E-state index in [1.807, 2.05) is 0 Å². The molecule has 0 bridgehead atoms. The number of rotatable bonds is 4. The number of hydrogen-bond acceptors (Lipinski definition) is 5. The maximum atomic E-state index is 12.0. The van der Waals surface area contributed by atoms with Crippen LogP contribution in [0.1, 0.15) is 25.7 Å². The molecule has 9 nitrogen and oxygen atoms in total. The van der Waals surface area contributed by atoms with Gasteiger partial charge in [0.25, 0.3) is 0 Å². The first-order valence-corrected chi connectivity index (χ1v) is 7.75. The van der Waals surface area contributed by atoms with Crippen LogP contribution >= 0.6 is 0 Å². The van der Waals surface area contributed by atoms with Crippen LogP contribution in [0.25, 0.3) is 5.82 Å². The van der Waals surface area contributed by atoms with Gasteiger partial charge in [-0.2, -0.15) is 10.2 Å². The van der Waals surface area contributed by atoms with Gasteiger partial charge >= 0.3 is 12.0 Å². The first kappa shape index (κ1) is 15.9. The molecule has 0 unspecified atom stereocenters. The van der Waals surface area contributed by atoms with Crippen molar-refractivity contribution in [1.29, 1.82) is 0 Å². The summed E-state index contributed by atoms with van der Waals surface area (Å²) < 4.78 is 0. The quantitative estimate of drug-likeness (QED) is 0.779. The summed E-state index contributed by atoms with van der Waals surface area (Å²) in [5.41, 5.74) is 0.558. The average Bonchev–Trinajstić information content (AvgIpc) is 3.10. The molecule has 0 spiro atoms. The third-order valence-corrected chi connectivity index (χ3v) is 4.04. The van der Waals surface area contributed by atoms with Gasteiger partial charge in [0, 0.05) is 6.04 Å². The molecule has 2 heterocycles.